The van der Waals surface area contributed by atoms with Gasteiger partial charge in [0.15, 0.2) is 0 Å². The molecule has 0 amide bonds. The van der Waals surface area contributed by atoms with Gasteiger partial charge in [-0.25, -0.2) is 0 Å². The highest BCUT2D eigenvalue weighted by Gasteiger charge is 2.08. The van der Waals surface area contributed by atoms with E-state index in [0.717, 1.165) is 27.4 Å². The number of hydrogen-bond donors (Lipinski definition) is 1. The molecule has 0 aliphatic rings. The standard InChI is InChI=1S/C16H17BrClNO/c1-11(12-3-6-15(18)7-4-12)19-10-13-9-14(17)5-8-16(13)20-2/h3-9,11,19H,10H2,1-2H3. The molecule has 0 heterocycles. The van der Waals surface area contributed by atoms with E-state index in [-0.39, 0.29) is 6.04 Å². The zero-order valence-electron chi connectivity index (χ0n) is 11.5. The van der Waals surface area contributed by atoms with Crippen LogP contribution in [0.5, 0.6) is 5.75 Å². The molecule has 1 N–H and O–H groups in total. The highest BCUT2D eigenvalue weighted by atomic mass is 79.9. The number of rotatable bonds is 5. The van der Waals surface area contributed by atoms with Crippen LogP contribution < -0.4 is 10.1 Å². The molecule has 106 valence electrons. The number of benzene rings is 2. The van der Waals surface area contributed by atoms with Gasteiger partial charge in [-0.15, -0.1) is 0 Å². The van der Waals surface area contributed by atoms with Crippen LogP contribution in [-0.4, -0.2) is 7.11 Å². The van der Waals surface area contributed by atoms with Crippen LogP contribution in [-0.2, 0) is 6.54 Å². The highest BCUT2D eigenvalue weighted by Crippen LogP contribution is 2.24. The van der Waals surface area contributed by atoms with Crippen molar-refractivity contribution in [2.24, 2.45) is 0 Å². The molecular weight excluding hydrogens is 338 g/mol. The Morgan fingerprint density at radius 2 is 1.90 bits per heavy atom. The zero-order chi connectivity index (χ0) is 14.5. The largest absolute Gasteiger partial charge is 0.496 e. The molecule has 0 saturated carbocycles. The Labute approximate surface area is 133 Å². The SMILES string of the molecule is COc1ccc(Br)cc1CNC(C)c1ccc(Cl)cc1. The van der Waals surface area contributed by atoms with Crippen molar-refractivity contribution in [1.82, 2.24) is 5.32 Å². The summed E-state index contributed by atoms with van der Waals surface area (Å²) in [5.74, 6) is 0.893. The average Bonchev–Trinajstić information content (AvgIpc) is 2.45. The zero-order valence-corrected chi connectivity index (χ0v) is 13.8. The third-order valence-electron chi connectivity index (χ3n) is 3.21. The monoisotopic (exact) mass is 353 g/mol. The minimum Gasteiger partial charge on any atom is -0.496 e. The second-order valence-corrected chi connectivity index (χ2v) is 5.96. The van der Waals surface area contributed by atoms with E-state index in [1.54, 1.807) is 7.11 Å². The van der Waals surface area contributed by atoms with Gasteiger partial charge in [-0.2, -0.15) is 0 Å². The lowest BCUT2D eigenvalue weighted by atomic mass is 10.1. The maximum absolute atomic E-state index is 5.90. The van der Waals surface area contributed by atoms with Crippen molar-refractivity contribution in [2.75, 3.05) is 7.11 Å². The summed E-state index contributed by atoms with van der Waals surface area (Å²) in [7, 11) is 1.69. The Bertz CT molecular complexity index is 571. The second-order valence-electron chi connectivity index (χ2n) is 4.61. The van der Waals surface area contributed by atoms with Gasteiger partial charge in [0.1, 0.15) is 5.75 Å². The molecule has 0 aliphatic heterocycles. The van der Waals surface area contributed by atoms with Crippen molar-refractivity contribution in [3.8, 4) is 5.75 Å². The van der Waals surface area contributed by atoms with Crippen LogP contribution >= 0.6 is 27.5 Å². The Kier molecular flexibility index (Phi) is 5.46. The lowest BCUT2D eigenvalue weighted by molar-refractivity contribution is 0.406. The van der Waals surface area contributed by atoms with Gasteiger partial charge in [0, 0.05) is 27.6 Å². The fraction of sp³-hybridized carbons (Fsp3) is 0.250. The minimum absolute atomic E-state index is 0.246. The Morgan fingerprint density at radius 3 is 2.55 bits per heavy atom. The molecule has 1 unspecified atom stereocenters. The van der Waals surface area contributed by atoms with Gasteiger partial charge in [0.25, 0.3) is 0 Å². The summed E-state index contributed by atoms with van der Waals surface area (Å²) in [6, 6.07) is 14.2. The molecule has 0 spiro atoms. The number of halogens is 2. The molecule has 20 heavy (non-hydrogen) atoms. The summed E-state index contributed by atoms with van der Waals surface area (Å²) in [5.41, 5.74) is 2.34. The van der Waals surface area contributed by atoms with E-state index in [1.165, 1.54) is 5.56 Å². The lowest BCUT2D eigenvalue weighted by Gasteiger charge is -2.16. The molecule has 1 atom stereocenters. The summed E-state index contributed by atoms with van der Waals surface area (Å²) in [6.07, 6.45) is 0. The molecule has 0 bridgehead atoms. The Balaban J connectivity index is 2.04. The maximum Gasteiger partial charge on any atom is 0.123 e. The molecule has 0 fully saturated rings. The van der Waals surface area contributed by atoms with E-state index >= 15 is 0 Å². The van der Waals surface area contributed by atoms with E-state index in [9.17, 15) is 0 Å². The van der Waals surface area contributed by atoms with E-state index in [4.69, 9.17) is 16.3 Å². The molecule has 4 heteroatoms. The van der Waals surface area contributed by atoms with Crippen LogP contribution in [0.4, 0.5) is 0 Å². The van der Waals surface area contributed by atoms with Gasteiger partial charge in [-0.1, -0.05) is 39.7 Å². The number of ether oxygens (including phenoxy) is 1. The van der Waals surface area contributed by atoms with Crippen LogP contribution in [0.1, 0.15) is 24.1 Å². The summed E-state index contributed by atoms with van der Waals surface area (Å²) in [6.45, 7) is 2.88. The molecule has 2 aromatic rings. The average molecular weight is 355 g/mol. The van der Waals surface area contributed by atoms with E-state index in [0.29, 0.717) is 0 Å². The minimum atomic E-state index is 0.246. The predicted molar refractivity (Wildman–Crippen MR) is 87.4 cm³/mol. The summed E-state index contributed by atoms with van der Waals surface area (Å²) >= 11 is 9.39. The Morgan fingerprint density at radius 1 is 1.20 bits per heavy atom. The quantitative estimate of drug-likeness (QED) is 0.819. The van der Waals surface area contributed by atoms with Gasteiger partial charge in [0.05, 0.1) is 7.11 Å². The lowest BCUT2D eigenvalue weighted by Crippen LogP contribution is -2.18. The second kappa shape index (κ2) is 7.11. The van der Waals surface area contributed by atoms with Gasteiger partial charge in [0.2, 0.25) is 0 Å². The molecule has 0 aliphatic carbocycles. The maximum atomic E-state index is 5.90. The van der Waals surface area contributed by atoms with Crippen molar-refractivity contribution in [1.29, 1.82) is 0 Å². The van der Waals surface area contributed by atoms with Crippen LogP contribution in [0, 0.1) is 0 Å². The first-order valence-corrected chi connectivity index (χ1v) is 7.58. The summed E-state index contributed by atoms with van der Waals surface area (Å²) in [4.78, 5) is 0. The van der Waals surface area contributed by atoms with E-state index in [2.05, 4.69) is 34.2 Å². The van der Waals surface area contributed by atoms with Crippen molar-refractivity contribution in [3.05, 3.63) is 63.1 Å². The fourth-order valence-electron chi connectivity index (χ4n) is 2.02. The summed E-state index contributed by atoms with van der Waals surface area (Å²) in [5, 5.41) is 4.25. The molecule has 0 aromatic heterocycles. The first kappa shape index (κ1) is 15.4. The van der Waals surface area contributed by atoms with Crippen LogP contribution in [0.15, 0.2) is 46.9 Å². The molecule has 0 saturated heterocycles. The van der Waals surface area contributed by atoms with Crippen molar-refractivity contribution in [3.63, 3.8) is 0 Å². The number of methoxy groups -OCH3 is 1. The number of hydrogen-bond acceptors (Lipinski definition) is 2. The molecular formula is C16H17BrClNO. The van der Waals surface area contributed by atoms with Crippen LogP contribution in [0.2, 0.25) is 5.02 Å². The van der Waals surface area contributed by atoms with Gasteiger partial charge >= 0.3 is 0 Å². The Hall–Kier alpha value is -1.03. The molecule has 0 radical (unpaired) electrons. The molecule has 2 rings (SSSR count). The molecule has 2 aromatic carbocycles. The van der Waals surface area contributed by atoms with Crippen molar-refractivity contribution in [2.45, 2.75) is 19.5 Å². The van der Waals surface area contributed by atoms with Crippen LogP contribution in [0.25, 0.3) is 0 Å². The number of nitrogens with one attached hydrogen (secondary N) is 1. The highest BCUT2D eigenvalue weighted by molar-refractivity contribution is 9.10. The first-order valence-electron chi connectivity index (χ1n) is 6.41. The van der Waals surface area contributed by atoms with Gasteiger partial charge in [-0.05, 0) is 42.8 Å². The third-order valence-corrected chi connectivity index (χ3v) is 3.96. The van der Waals surface area contributed by atoms with Gasteiger partial charge in [-0.3, -0.25) is 0 Å². The topological polar surface area (TPSA) is 21.3 Å². The van der Waals surface area contributed by atoms with Crippen molar-refractivity contribution >= 4 is 27.5 Å². The van der Waals surface area contributed by atoms with E-state index in [1.807, 2.05) is 36.4 Å². The fourth-order valence-corrected chi connectivity index (χ4v) is 2.55. The van der Waals surface area contributed by atoms with Crippen molar-refractivity contribution < 1.29 is 4.74 Å². The predicted octanol–water partition coefficient (Wildman–Crippen LogP) is 4.96. The van der Waals surface area contributed by atoms with Gasteiger partial charge < -0.3 is 10.1 Å². The normalized spacial score (nSPS) is 12.2. The van der Waals surface area contributed by atoms with Crippen LogP contribution in [0.3, 0.4) is 0 Å². The smallest absolute Gasteiger partial charge is 0.123 e. The first-order chi connectivity index (χ1) is 9.60. The molecule has 2 nitrogen and oxygen atoms in total. The van der Waals surface area contributed by atoms with E-state index < -0.39 is 0 Å². The summed E-state index contributed by atoms with van der Waals surface area (Å²) < 4.78 is 6.43. The third kappa shape index (κ3) is 3.98.